The quantitative estimate of drug-likeness (QED) is 0.436. The third kappa shape index (κ3) is 5.38. The maximum atomic E-state index is 11.5. The van der Waals surface area contributed by atoms with Gasteiger partial charge in [0.2, 0.25) is 0 Å². The number of hydrogen-bond donors (Lipinski definition) is 2. The van der Waals surface area contributed by atoms with Gasteiger partial charge in [-0.3, -0.25) is 14.9 Å². The molecule has 0 aliphatic rings. The van der Waals surface area contributed by atoms with Crippen LogP contribution in [-0.2, 0) is 9.84 Å². The minimum Gasteiger partial charge on any atom is -0.379 e. The number of anilines is 1. The molecule has 2 N–H and O–H groups in total. The van der Waals surface area contributed by atoms with Crippen LogP contribution >= 0.6 is 0 Å². The second-order valence-electron chi connectivity index (χ2n) is 4.48. The van der Waals surface area contributed by atoms with E-state index in [1.54, 1.807) is 0 Å². The molecule has 0 aliphatic heterocycles. The zero-order chi connectivity index (χ0) is 16.0. The molecule has 1 rings (SSSR count). The summed E-state index contributed by atoms with van der Waals surface area (Å²) in [5.74, 6) is -0.368. The van der Waals surface area contributed by atoms with Gasteiger partial charge in [-0.2, -0.15) is 0 Å². The van der Waals surface area contributed by atoms with Gasteiger partial charge in [-0.15, -0.1) is 0 Å². The van der Waals surface area contributed by atoms with Crippen molar-refractivity contribution in [3.8, 4) is 0 Å². The van der Waals surface area contributed by atoms with Crippen LogP contribution in [0.4, 0.5) is 11.4 Å². The summed E-state index contributed by atoms with van der Waals surface area (Å²) in [7, 11) is -1.61. The Morgan fingerprint density at radius 2 is 2.05 bits per heavy atom. The molecule has 0 spiro atoms. The van der Waals surface area contributed by atoms with Crippen molar-refractivity contribution >= 4 is 27.1 Å². The monoisotopic (exact) mass is 315 g/mol. The standard InChI is InChI=1S/C12H17N3O5S/c1-13-12(16)9-4-5-11(15(17)18)10(8-9)14-6-3-7-21(2,19)20/h4-5,8,14H,3,6-7H2,1-2H3,(H,13,16). The molecule has 0 aliphatic carbocycles. The minimum absolute atomic E-state index is 0.0110. The van der Waals surface area contributed by atoms with Gasteiger partial charge in [-0.05, 0) is 18.6 Å². The minimum atomic E-state index is -3.07. The van der Waals surface area contributed by atoms with Crippen LogP contribution in [0, 0.1) is 10.1 Å². The Labute approximate surface area is 122 Å². The first-order chi connectivity index (χ1) is 9.74. The molecule has 0 bridgehead atoms. The lowest BCUT2D eigenvalue weighted by atomic mass is 10.1. The van der Waals surface area contributed by atoms with Crippen LogP contribution in [-0.4, -0.2) is 44.8 Å². The van der Waals surface area contributed by atoms with Gasteiger partial charge in [0.1, 0.15) is 15.5 Å². The summed E-state index contributed by atoms with van der Waals surface area (Å²) in [5.41, 5.74) is 0.310. The van der Waals surface area contributed by atoms with Crippen molar-refractivity contribution in [1.82, 2.24) is 5.32 Å². The fourth-order valence-electron chi connectivity index (χ4n) is 1.68. The fraction of sp³-hybridized carbons (Fsp3) is 0.417. The number of benzene rings is 1. The van der Waals surface area contributed by atoms with E-state index < -0.39 is 14.8 Å². The summed E-state index contributed by atoms with van der Waals surface area (Å²) in [6, 6.07) is 3.97. The lowest BCUT2D eigenvalue weighted by Gasteiger charge is -2.08. The molecule has 0 unspecified atom stereocenters. The molecule has 0 atom stereocenters. The molecule has 0 aromatic heterocycles. The van der Waals surface area contributed by atoms with Crippen LogP contribution in [0.25, 0.3) is 0 Å². The molecule has 116 valence electrons. The number of nitrogens with zero attached hydrogens (tertiary/aromatic N) is 1. The van der Waals surface area contributed by atoms with Crippen LogP contribution < -0.4 is 10.6 Å². The molecule has 0 radical (unpaired) electrons. The topological polar surface area (TPSA) is 118 Å². The largest absolute Gasteiger partial charge is 0.379 e. The summed E-state index contributed by atoms with van der Waals surface area (Å²) >= 11 is 0. The van der Waals surface area contributed by atoms with Gasteiger partial charge in [0.25, 0.3) is 11.6 Å². The maximum Gasteiger partial charge on any atom is 0.292 e. The third-order valence-electron chi connectivity index (χ3n) is 2.69. The molecular formula is C12H17N3O5S. The zero-order valence-electron chi connectivity index (χ0n) is 11.8. The van der Waals surface area contributed by atoms with Crippen molar-refractivity contribution in [2.45, 2.75) is 6.42 Å². The lowest BCUT2D eigenvalue weighted by Crippen LogP contribution is -2.18. The average molecular weight is 315 g/mol. The molecule has 8 nitrogen and oxygen atoms in total. The van der Waals surface area contributed by atoms with Crippen molar-refractivity contribution in [3.05, 3.63) is 33.9 Å². The van der Waals surface area contributed by atoms with E-state index in [0.29, 0.717) is 6.42 Å². The first-order valence-electron chi connectivity index (χ1n) is 6.16. The zero-order valence-corrected chi connectivity index (χ0v) is 12.6. The van der Waals surface area contributed by atoms with Gasteiger partial charge in [0.05, 0.1) is 10.7 Å². The predicted molar refractivity (Wildman–Crippen MR) is 79.3 cm³/mol. The van der Waals surface area contributed by atoms with Gasteiger partial charge in [-0.1, -0.05) is 0 Å². The summed E-state index contributed by atoms with van der Waals surface area (Å²) in [5, 5.41) is 16.2. The summed E-state index contributed by atoms with van der Waals surface area (Å²) in [6.07, 6.45) is 1.45. The molecule has 9 heteroatoms. The maximum absolute atomic E-state index is 11.5. The Kier molecular flexibility index (Phi) is 5.65. The van der Waals surface area contributed by atoms with Crippen molar-refractivity contribution < 1.29 is 18.1 Å². The smallest absolute Gasteiger partial charge is 0.292 e. The first kappa shape index (κ1) is 16.9. The van der Waals surface area contributed by atoms with E-state index in [9.17, 15) is 23.3 Å². The van der Waals surface area contributed by atoms with E-state index in [1.165, 1.54) is 25.2 Å². The van der Waals surface area contributed by atoms with Crippen molar-refractivity contribution in [3.63, 3.8) is 0 Å². The van der Waals surface area contributed by atoms with Crippen LogP contribution in [0.15, 0.2) is 18.2 Å². The number of sulfone groups is 1. The molecule has 1 aromatic rings. The number of carbonyl (C=O) groups excluding carboxylic acids is 1. The number of nitro groups is 1. The average Bonchev–Trinajstić information content (AvgIpc) is 2.41. The van der Waals surface area contributed by atoms with Gasteiger partial charge < -0.3 is 10.6 Å². The van der Waals surface area contributed by atoms with E-state index in [1.807, 2.05) is 0 Å². The number of carbonyl (C=O) groups is 1. The first-order valence-corrected chi connectivity index (χ1v) is 8.23. The lowest BCUT2D eigenvalue weighted by molar-refractivity contribution is -0.384. The highest BCUT2D eigenvalue weighted by molar-refractivity contribution is 7.90. The Bertz CT molecular complexity index is 642. The fourth-order valence-corrected chi connectivity index (χ4v) is 2.35. The van der Waals surface area contributed by atoms with Crippen LogP contribution in [0.5, 0.6) is 0 Å². The highest BCUT2D eigenvalue weighted by Gasteiger charge is 2.16. The molecular weight excluding hydrogens is 298 g/mol. The molecule has 21 heavy (non-hydrogen) atoms. The SMILES string of the molecule is CNC(=O)c1ccc([N+](=O)[O-])c(NCCCS(C)(=O)=O)c1. The predicted octanol–water partition coefficient (Wildman–Crippen LogP) is 0.801. The number of nitro benzene ring substituents is 1. The summed E-state index contributed by atoms with van der Waals surface area (Å²) in [4.78, 5) is 21.9. The normalized spacial score (nSPS) is 11.0. The molecule has 1 aromatic carbocycles. The van der Waals surface area contributed by atoms with Gasteiger partial charge in [0.15, 0.2) is 0 Å². The molecule has 1 amide bonds. The van der Waals surface area contributed by atoms with Gasteiger partial charge >= 0.3 is 0 Å². The molecule has 0 fully saturated rings. The molecule has 0 heterocycles. The van der Waals surface area contributed by atoms with E-state index in [0.717, 1.165) is 6.26 Å². The number of hydrogen-bond acceptors (Lipinski definition) is 6. The van der Waals surface area contributed by atoms with Crippen molar-refractivity contribution in [1.29, 1.82) is 0 Å². The van der Waals surface area contributed by atoms with Crippen molar-refractivity contribution in [2.75, 3.05) is 30.9 Å². The van der Waals surface area contributed by atoms with Crippen LogP contribution in [0.3, 0.4) is 0 Å². The second kappa shape index (κ2) is 7.02. The number of amides is 1. The van der Waals surface area contributed by atoms with E-state index in [2.05, 4.69) is 10.6 Å². The second-order valence-corrected chi connectivity index (χ2v) is 6.74. The third-order valence-corrected chi connectivity index (χ3v) is 3.72. The Balaban J connectivity index is 2.86. The van der Waals surface area contributed by atoms with E-state index >= 15 is 0 Å². The highest BCUT2D eigenvalue weighted by Crippen LogP contribution is 2.25. The summed E-state index contributed by atoms with van der Waals surface area (Å²) in [6.45, 7) is 0.255. The number of nitrogens with one attached hydrogen (secondary N) is 2. The Hall–Kier alpha value is -2.16. The highest BCUT2D eigenvalue weighted by atomic mass is 32.2. The summed E-state index contributed by atoms with van der Waals surface area (Å²) < 4.78 is 22.0. The Morgan fingerprint density at radius 3 is 2.57 bits per heavy atom. The van der Waals surface area contributed by atoms with E-state index in [4.69, 9.17) is 0 Å². The molecule has 0 saturated carbocycles. The number of rotatable bonds is 7. The van der Waals surface area contributed by atoms with Gasteiger partial charge in [-0.25, -0.2) is 8.42 Å². The van der Waals surface area contributed by atoms with E-state index in [-0.39, 0.29) is 35.1 Å². The molecule has 0 saturated heterocycles. The van der Waals surface area contributed by atoms with Gasteiger partial charge in [0, 0.05) is 31.5 Å². The Morgan fingerprint density at radius 1 is 1.38 bits per heavy atom. The van der Waals surface area contributed by atoms with Crippen LogP contribution in [0.2, 0.25) is 0 Å². The van der Waals surface area contributed by atoms with Crippen molar-refractivity contribution in [2.24, 2.45) is 0 Å². The van der Waals surface area contributed by atoms with Crippen LogP contribution in [0.1, 0.15) is 16.8 Å².